The smallest absolute Gasteiger partial charge is 0.299 e. The number of aromatic nitrogens is 12. The maximum absolute atomic E-state index is 13.5. The minimum Gasteiger partial charge on any atom is -0.382 e. The van der Waals surface area contributed by atoms with E-state index < -0.39 is 11.7 Å². The molecule has 12 heterocycles. The molecule has 0 spiro atoms. The second-order valence-corrected chi connectivity index (χ2v) is 28.0. The molecule has 576 valence electrons. The van der Waals surface area contributed by atoms with Gasteiger partial charge in [0.25, 0.3) is 29.5 Å². The Kier molecular flexibility index (Phi) is 23.5. The van der Waals surface area contributed by atoms with E-state index in [1.807, 2.05) is 110 Å². The van der Waals surface area contributed by atoms with Gasteiger partial charge in [0.1, 0.15) is 91.8 Å². The van der Waals surface area contributed by atoms with Crippen molar-refractivity contribution in [2.24, 2.45) is 5.92 Å². The third-order valence-corrected chi connectivity index (χ3v) is 19.8. The number of hydrogen-bond donors (Lipinski definition) is 6. The number of fused-ring (bicyclic) bond motifs is 3. The molecule has 0 bridgehead atoms. The van der Waals surface area contributed by atoms with Gasteiger partial charge in [-0.2, -0.15) is 0 Å². The van der Waals surface area contributed by atoms with Crippen molar-refractivity contribution in [3.63, 3.8) is 0 Å². The molecule has 12 aromatic rings. The number of hydrogen-bond acceptors (Lipinski definition) is 19. The standard InChI is InChI=1S/C29H31FN8O2.C28H25N7O2.C28H27N7O2/c1-36(2)15-5-7-24(39)37-16-4-3-6-22(37)28-35-25(26-27(31)33-14-17-38(26)28)19-8-10-20(11-9-19)29(40)34-23-18-21(30)12-13-32-23;29-26-25-24(19-9-11-20(12-10-19)28(37)32-22-5-1-2-14-30-22)33-27(35(25)17-15-31-26)21-4-3-16-34(21)23(36)13-8-18-6-7-18;1-2-3-4-10-23(36)34-17-7-8-21(34)27-33-24(25-26(29)31-16-18-35(25)27)19-11-13-20(14-12-19)28(37)32-22-9-5-6-15-30-22/h5,7-14,17-18,22H,3-4,6,15-16H2,1-2H3,(H2,31,33)(H,32,34,40);1-2,5,9-12,14-15,17-18,21H,3-4,6-7,16H2,(H2,29,31)(H,30,32,37);5-6,9,11-16,18,21H,2-3,7-8,17H2,1H3,(H2,29,31)(H,30,32,37)/b7-5+;;/t22-;2*21-/m000/s1. The molecule has 3 aromatic carbocycles. The number of likely N-dealkylation sites (N-methyl/N-ethyl adjacent to an activating group) is 1. The van der Waals surface area contributed by atoms with Crippen LogP contribution in [0.1, 0.15) is 144 Å². The Morgan fingerprint density at radius 3 is 1.33 bits per heavy atom. The molecule has 3 atom stereocenters. The van der Waals surface area contributed by atoms with Gasteiger partial charge in [-0.15, -0.1) is 0 Å². The first kappa shape index (κ1) is 76.7. The Bertz CT molecular complexity index is 5730. The number of nitrogens with two attached hydrogens (primary N) is 3. The van der Waals surface area contributed by atoms with E-state index in [9.17, 15) is 33.2 Å². The molecule has 6 amide bonds. The number of anilines is 6. The van der Waals surface area contributed by atoms with Gasteiger partial charge in [-0.3, -0.25) is 42.0 Å². The number of imidazole rings is 3. The molecule has 0 unspecified atom stereocenters. The number of nitrogens with one attached hydrogen (secondary N) is 3. The van der Waals surface area contributed by atoms with E-state index in [-0.39, 0.29) is 53.5 Å². The zero-order valence-electron chi connectivity index (χ0n) is 63.0. The predicted octanol–water partition coefficient (Wildman–Crippen LogP) is 11.7. The zero-order valence-corrected chi connectivity index (χ0v) is 63.0. The number of halogens is 1. The third kappa shape index (κ3) is 17.4. The minimum absolute atomic E-state index is 0.0463. The quantitative estimate of drug-likeness (QED) is 0.0386. The lowest BCUT2D eigenvalue weighted by Gasteiger charge is -2.34. The SMILES string of the molecule is CCCC#CC(=O)N1CCC[C@H]1c1nc(-c2ccc(C(=O)Nc3ccccn3)cc2)c2c(N)nccn12.CN(C)C/C=C/C(=O)N1CCCC[C@H]1c1nc(-c2ccc(C(=O)Nc3cc(F)ccn3)cc2)c2c(N)nccn12.Nc1nccn2c([C@@H]3CCCN3C(=O)C#CC3CC3)nc(-c3ccc(C(=O)Nc4ccccn4)cc3)c12. The van der Waals surface area contributed by atoms with Crippen molar-refractivity contribution in [1.82, 2.24) is 77.7 Å². The van der Waals surface area contributed by atoms with Crippen LogP contribution < -0.4 is 33.2 Å². The first-order valence-corrected chi connectivity index (χ1v) is 37.8. The van der Waals surface area contributed by atoms with E-state index in [0.717, 1.165) is 98.6 Å². The van der Waals surface area contributed by atoms with Crippen molar-refractivity contribution in [1.29, 1.82) is 0 Å². The molecule has 4 fully saturated rings. The molecule has 3 aliphatic heterocycles. The Labute approximate surface area is 656 Å². The molecule has 16 rings (SSSR count). The van der Waals surface area contributed by atoms with E-state index in [4.69, 9.17) is 32.2 Å². The summed E-state index contributed by atoms with van der Waals surface area (Å²) in [5.74, 6) is 14.5. The molecular formula is C85H83FN22O6. The van der Waals surface area contributed by atoms with Gasteiger partial charge >= 0.3 is 0 Å². The summed E-state index contributed by atoms with van der Waals surface area (Å²) in [4.78, 5) is 124. The summed E-state index contributed by atoms with van der Waals surface area (Å²) in [5.41, 5.74) is 26.5. The summed E-state index contributed by atoms with van der Waals surface area (Å²) < 4.78 is 19.2. The maximum atomic E-state index is 13.5. The number of carbonyl (C=O) groups excluding carboxylic acids is 6. The summed E-state index contributed by atoms with van der Waals surface area (Å²) in [7, 11) is 3.91. The molecule has 1 saturated carbocycles. The van der Waals surface area contributed by atoms with Gasteiger partial charge in [-0.1, -0.05) is 73.4 Å². The topological polar surface area (TPSA) is 359 Å². The fourth-order valence-corrected chi connectivity index (χ4v) is 14.1. The van der Waals surface area contributed by atoms with Crippen LogP contribution >= 0.6 is 0 Å². The fourth-order valence-electron chi connectivity index (χ4n) is 14.1. The largest absolute Gasteiger partial charge is 0.382 e. The number of benzene rings is 3. The van der Waals surface area contributed by atoms with Crippen LogP contribution in [0.25, 0.3) is 50.3 Å². The first-order chi connectivity index (χ1) is 55.5. The molecule has 114 heavy (non-hydrogen) atoms. The first-order valence-electron chi connectivity index (χ1n) is 37.8. The number of nitrogens with zero attached hydrogens (tertiary/aromatic N) is 16. The number of pyridine rings is 3. The summed E-state index contributed by atoms with van der Waals surface area (Å²) in [6.45, 7) is 4.64. The van der Waals surface area contributed by atoms with Crippen molar-refractivity contribution in [2.75, 3.05) is 73.4 Å². The minimum atomic E-state index is -0.489. The van der Waals surface area contributed by atoms with Crippen LogP contribution in [0.5, 0.6) is 0 Å². The number of rotatable bonds is 16. The van der Waals surface area contributed by atoms with Crippen LogP contribution in [0.4, 0.5) is 39.3 Å². The predicted molar refractivity (Wildman–Crippen MR) is 432 cm³/mol. The highest BCUT2D eigenvalue weighted by atomic mass is 19.1. The van der Waals surface area contributed by atoms with Crippen LogP contribution in [0, 0.1) is 35.4 Å². The van der Waals surface area contributed by atoms with E-state index in [1.165, 1.54) is 12.3 Å². The molecular weight excluding hydrogens is 1440 g/mol. The maximum Gasteiger partial charge on any atom is 0.299 e. The van der Waals surface area contributed by atoms with E-state index in [0.29, 0.717) is 124 Å². The molecule has 1 aliphatic carbocycles. The Morgan fingerprint density at radius 2 is 0.912 bits per heavy atom. The monoisotopic (exact) mass is 1530 g/mol. The molecule has 28 nitrogen and oxygen atoms in total. The van der Waals surface area contributed by atoms with Crippen molar-refractivity contribution in [3.8, 4) is 57.5 Å². The highest BCUT2D eigenvalue weighted by Gasteiger charge is 2.37. The Morgan fingerprint density at radius 1 is 0.491 bits per heavy atom. The van der Waals surface area contributed by atoms with Gasteiger partial charge in [0.15, 0.2) is 0 Å². The van der Waals surface area contributed by atoms with Gasteiger partial charge in [-0.25, -0.2) is 49.2 Å². The number of amides is 6. The number of piperidine rings is 1. The molecule has 0 radical (unpaired) electrons. The van der Waals surface area contributed by atoms with Crippen LogP contribution in [0.2, 0.25) is 0 Å². The number of nitrogen functional groups attached to an aromatic ring is 3. The lowest BCUT2D eigenvalue weighted by Crippen LogP contribution is -2.38. The van der Waals surface area contributed by atoms with Crippen LogP contribution in [-0.2, 0) is 14.4 Å². The normalized spacial score (nSPS) is 15.8. The van der Waals surface area contributed by atoms with Gasteiger partial charge in [0.2, 0.25) is 5.91 Å². The van der Waals surface area contributed by atoms with E-state index in [1.54, 1.807) is 115 Å². The third-order valence-electron chi connectivity index (χ3n) is 19.8. The summed E-state index contributed by atoms with van der Waals surface area (Å²) in [5, 5.41) is 8.16. The Hall–Kier alpha value is -14.1. The van der Waals surface area contributed by atoms with Crippen molar-refractivity contribution in [2.45, 2.75) is 95.7 Å². The van der Waals surface area contributed by atoms with Crippen molar-refractivity contribution < 1.29 is 33.2 Å². The fraction of sp³-hybridized carbons (Fsp3) is 0.259. The number of unbranched alkanes of at least 4 members (excludes halogenated alkanes) is 1. The van der Waals surface area contributed by atoms with E-state index >= 15 is 0 Å². The highest BCUT2D eigenvalue weighted by molar-refractivity contribution is 6.06. The second kappa shape index (κ2) is 34.9. The van der Waals surface area contributed by atoms with Gasteiger partial charge in [0, 0.05) is 140 Å². The summed E-state index contributed by atoms with van der Waals surface area (Å²) in [6, 6.07) is 33.5. The molecule has 29 heteroatoms. The molecule has 9 aromatic heterocycles. The molecule has 3 saturated heterocycles. The molecule has 9 N–H and O–H groups in total. The second-order valence-electron chi connectivity index (χ2n) is 28.0. The lowest BCUT2D eigenvalue weighted by molar-refractivity contribution is -0.130. The van der Waals surface area contributed by atoms with Gasteiger partial charge in [-0.05, 0) is 157 Å². The van der Waals surface area contributed by atoms with E-state index in [2.05, 4.69) is 69.5 Å². The van der Waals surface area contributed by atoms with Crippen LogP contribution in [0.15, 0.2) is 189 Å². The van der Waals surface area contributed by atoms with Gasteiger partial charge in [0.05, 0.1) is 18.1 Å². The van der Waals surface area contributed by atoms with Gasteiger partial charge < -0.3 is 52.8 Å². The Balaban J connectivity index is 0.000000142. The average molecular weight is 1530 g/mol. The highest BCUT2D eigenvalue weighted by Crippen LogP contribution is 2.41. The lowest BCUT2D eigenvalue weighted by atomic mass is 10.0. The van der Waals surface area contributed by atoms with Crippen molar-refractivity contribution >= 4 is 86.9 Å². The number of carbonyl (C=O) groups is 6. The molecule has 4 aliphatic rings. The zero-order chi connectivity index (χ0) is 79.4. The summed E-state index contributed by atoms with van der Waals surface area (Å²) in [6.07, 6.45) is 28.1. The van der Waals surface area contributed by atoms with Crippen LogP contribution in [-0.4, -0.2) is 153 Å². The van der Waals surface area contributed by atoms with Crippen LogP contribution in [0.3, 0.4) is 0 Å². The average Bonchev–Trinajstić information content (AvgIpc) is 1.61. The number of likely N-dealkylation sites (tertiary alicyclic amines) is 3. The summed E-state index contributed by atoms with van der Waals surface area (Å²) >= 11 is 0. The van der Waals surface area contributed by atoms with Crippen molar-refractivity contribution in [3.05, 3.63) is 229 Å².